The van der Waals surface area contributed by atoms with Crippen LogP contribution in [0.4, 0.5) is 0 Å². The number of aliphatic hydroxyl groups is 1. The predicted octanol–water partition coefficient (Wildman–Crippen LogP) is 23.1. The minimum Gasteiger partial charge on any atom is -0.462 e. The number of phosphoric ester groups is 2. The number of hydrogen-bond acceptors (Lipinski definition) is 15. The number of phosphoric acid groups is 2. The van der Waals surface area contributed by atoms with Crippen molar-refractivity contribution in [2.75, 3.05) is 39.6 Å². The average molecular weight is 1420 g/mol. The van der Waals surface area contributed by atoms with Crippen LogP contribution in [0.2, 0.25) is 0 Å². The molecule has 0 aromatic carbocycles. The van der Waals surface area contributed by atoms with Gasteiger partial charge in [0.1, 0.15) is 19.3 Å². The standard InChI is InChI=1S/C78H152O17P2/c1-7-10-12-14-16-18-20-21-22-23-24-25-26-27-28-31-35-39-43-50-56-62-77(82)94-73(66-88-76(81)61-55-49-42-38-34-32-29-30-33-36-40-46-52-58-70(4)5)68-92-96(84,85)90-64-72(79)65-91-97(86,87)93-69-74(95-78(83)63-57-51-45-44-47-53-59-71(6)9-3)67-89-75(80)60-54-48-41-37-19-17-15-13-11-8-2/h70-74,79H,7-69H2,1-6H3,(H,84,85)(H,86,87)/t71?,72-,73-,74-/m1/s1. The maximum absolute atomic E-state index is 13.1. The number of esters is 4. The molecule has 0 aliphatic carbocycles. The molecular formula is C78H152O17P2. The third kappa shape index (κ3) is 70.9. The second kappa shape index (κ2) is 69.8. The van der Waals surface area contributed by atoms with E-state index in [1.807, 2.05) is 0 Å². The molecule has 0 fully saturated rings. The van der Waals surface area contributed by atoms with Gasteiger partial charge < -0.3 is 33.8 Å². The minimum absolute atomic E-state index is 0.103. The van der Waals surface area contributed by atoms with Gasteiger partial charge >= 0.3 is 39.5 Å². The van der Waals surface area contributed by atoms with E-state index in [2.05, 4.69) is 41.5 Å². The van der Waals surface area contributed by atoms with Crippen molar-refractivity contribution in [2.45, 2.75) is 426 Å². The van der Waals surface area contributed by atoms with Crippen LogP contribution in [0.1, 0.15) is 408 Å². The summed E-state index contributed by atoms with van der Waals surface area (Å²) in [6.45, 7) is 9.57. The molecule has 0 radical (unpaired) electrons. The Labute approximate surface area is 594 Å². The largest absolute Gasteiger partial charge is 0.472 e. The quantitative estimate of drug-likeness (QED) is 0.0222. The van der Waals surface area contributed by atoms with E-state index in [9.17, 15) is 43.2 Å². The molecule has 576 valence electrons. The number of aliphatic hydroxyl groups excluding tert-OH is 1. The molecule has 19 heteroatoms. The van der Waals surface area contributed by atoms with Crippen LogP contribution in [-0.2, 0) is 65.4 Å². The highest BCUT2D eigenvalue weighted by Gasteiger charge is 2.30. The van der Waals surface area contributed by atoms with E-state index in [1.54, 1.807) is 0 Å². The lowest BCUT2D eigenvalue weighted by Gasteiger charge is -2.21. The summed E-state index contributed by atoms with van der Waals surface area (Å²) in [6, 6.07) is 0. The second-order valence-electron chi connectivity index (χ2n) is 28.8. The summed E-state index contributed by atoms with van der Waals surface area (Å²) in [4.78, 5) is 72.8. The summed E-state index contributed by atoms with van der Waals surface area (Å²) >= 11 is 0. The van der Waals surface area contributed by atoms with Gasteiger partial charge in [0, 0.05) is 25.7 Å². The van der Waals surface area contributed by atoms with Gasteiger partial charge in [-0.05, 0) is 37.5 Å². The Hall–Kier alpha value is -1.94. The van der Waals surface area contributed by atoms with Crippen LogP contribution in [-0.4, -0.2) is 96.7 Å². The lowest BCUT2D eigenvalue weighted by molar-refractivity contribution is -0.161. The first-order chi connectivity index (χ1) is 46.9. The van der Waals surface area contributed by atoms with Crippen molar-refractivity contribution < 1.29 is 80.2 Å². The zero-order valence-corrected chi connectivity index (χ0v) is 65.2. The Morgan fingerprint density at radius 1 is 0.299 bits per heavy atom. The van der Waals surface area contributed by atoms with E-state index in [0.717, 1.165) is 102 Å². The van der Waals surface area contributed by atoms with E-state index < -0.39 is 97.5 Å². The Bertz CT molecular complexity index is 1870. The van der Waals surface area contributed by atoms with Crippen molar-refractivity contribution in [3.05, 3.63) is 0 Å². The van der Waals surface area contributed by atoms with Crippen LogP contribution < -0.4 is 0 Å². The molecule has 0 aliphatic rings. The Morgan fingerprint density at radius 3 is 0.784 bits per heavy atom. The summed E-state index contributed by atoms with van der Waals surface area (Å²) < 4.78 is 68.5. The first kappa shape index (κ1) is 95.1. The molecule has 3 unspecified atom stereocenters. The molecule has 97 heavy (non-hydrogen) atoms. The van der Waals surface area contributed by atoms with Gasteiger partial charge in [-0.3, -0.25) is 37.3 Å². The summed E-state index contributed by atoms with van der Waals surface area (Å²) in [7, 11) is -9.91. The number of ether oxygens (including phenoxy) is 4. The van der Waals surface area contributed by atoms with E-state index in [-0.39, 0.29) is 25.7 Å². The molecule has 0 aromatic heterocycles. The van der Waals surface area contributed by atoms with E-state index >= 15 is 0 Å². The van der Waals surface area contributed by atoms with Crippen LogP contribution >= 0.6 is 15.6 Å². The van der Waals surface area contributed by atoms with Gasteiger partial charge in [0.2, 0.25) is 0 Å². The van der Waals surface area contributed by atoms with Gasteiger partial charge in [-0.25, -0.2) is 9.13 Å². The van der Waals surface area contributed by atoms with Crippen LogP contribution in [0, 0.1) is 11.8 Å². The Kier molecular flexibility index (Phi) is 68.4. The second-order valence-corrected chi connectivity index (χ2v) is 31.7. The molecule has 17 nitrogen and oxygen atoms in total. The fourth-order valence-electron chi connectivity index (χ4n) is 12.0. The van der Waals surface area contributed by atoms with Gasteiger partial charge in [0.05, 0.1) is 26.4 Å². The molecule has 0 saturated carbocycles. The summed E-state index contributed by atoms with van der Waals surface area (Å²) in [5, 5.41) is 10.6. The molecule has 0 spiro atoms. The number of hydrogen-bond donors (Lipinski definition) is 3. The normalized spacial score (nSPS) is 14.2. The molecule has 3 N–H and O–H groups in total. The average Bonchev–Trinajstić information content (AvgIpc) is 2.00. The number of carbonyl (C=O) groups excluding carboxylic acids is 4. The zero-order valence-electron chi connectivity index (χ0n) is 63.4. The highest BCUT2D eigenvalue weighted by Crippen LogP contribution is 2.45. The fourth-order valence-corrected chi connectivity index (χ4v) is 13.6. The third-order valence-electron chi connectivity index (χ3n) is 18.6. The molecule has 0 aromatic rings. The summed E-state index contributed by atoms with van der Waals surface area (Å²) in [5.74, 6) is -0.606. The van der Waals surface area contributed by atoms with E-state index in [4.69, 9.17) is 37.0 Å². The van der Waals surface area contributed by atoms with Gasteiger partial charge in [-0.1, -0.05) is 356 Å². The van der Waals surface area contributed by atoms with Crippen molar-refractivity contribution in [3.63, 3.8) is 0 Å². The van der Waals surface area contributed by atoms with Gasteiger partial charge in [-0.15, -0.1) is 0 Å². The minimum atomic E-state index is -4.96. The molecule has 0 rings (SSSR count). The monoisotopic (exact) mass is 1420 g/mol. The van der Waals surface area contributed by atoms with Crippen molar-refractivity contribution in [2.24, 2.45) is 11.8 Å². The molecular weight excluding hydrogens is 1270 g/mol. The van der Waals surface area contributed by atoms with Gasteiger partial charge in [-0.2, -0.15) is 0 Å². The molecule has 0 saturated heterocycles. The lowest BCUT2D eigenvalue weighted by atomic mass is 10.00. The summed E-state index contributed by atoms with van der Waals surface area (Å²) in [5.41, 5.74) is 0. The topological polar surface area (TPSA) is 237 Å². The highest BCUT2D eigenvalue weighted by molar-refractivity contribution is 7.47. The van der Waals surface area contributed by atoms with E-state index in [0.29, 0.717) is 25.7 Å². The first-order valence-corrected chi connectivity index (χ1v) is 43.5. The first-order valence-electron chi connectivity index (χ1n) is 40.5. The van der Waals surface area contributed by atoms with Gasteiger partial charge in [0.15, 0.2) is 12.2 Å². The SMILES string of the molecule is CCCCCCCCCCCCCCCCCCCCCCCC(=O)O[C@H](COC(=O)CCCCCCCCCCCCCCCC(C)C)COP(=O)(O)OC[C@@H](O)COP(=O)(O)OC[C@@H](COC(=O)CCCCCCCCCCCC)OC(=O)CCCCCCCCC(C)CC. The number of unbranched alkanes of at least 4 members (excludes halogenated alkanes) is 46. The molecule has 0 heterocycles. The fraction of sp³-hybridized carbons (Fsp3) is 0.949. The van der Waals surface area contributed by atoms with Crippen LogP contribution in [0.25, 0.3) is 0 Å². The molecule has 0 amide bonds. The van der Waals surface area contributed by atoms with Crippen LogP contribution in [0.15, 0.2) is 0 Å². The predicted molar refractivity (Wildman–Crippen MR) is 395 cm³/mol. The van der Waals surface area contributed by atoms with Crippen molar-refractivity contribution in [1.29, 1.82) is 0 Å². The number of rotatable bonds is 77. The Balaban J connectivity index is 5.20. The van der Waals surface area contributed by atoms with Crippen molar-refractivity contribution in [1.82, 2.24) is 0 Å². The highest BCUT2D eigenvalue weighted by atomic mass is 31.2. The lowest BCUT2D eigenvalue weighted by Crippen LogP contribution is -2.30. The van der Waals surface area contributed by atoms with Crippen LogP contribution in [0.5, 0.6) is 0 Å². The number of carbonyl (C=O) groups is 4. The zero-order chi connectivity index (χ0) is 71.4. The maximum atomic E-state index is 13.1. The van der Waals surface area contributed by atoms with Crippen LogP contribution in [0.3, 0.4) is 0 Å². The molecule has 0 aliphatic heterocycles. The van der Waals surface area contributed by atoms with Crippen molar-refractivity contribution in [3.8, 4) is 0 Å². The van der Waals surface area contributed by atoms with Gasteiger partial charge in [0.25, 0.3) is 0 Å². The molecule has 6 atom stereocenters. The van der Waals surface area contributed by atoms with E-state index in [1.165, 1.54) is 225 Å². The third-order valence-corrected chi connectivity index (χ3v) is 20.5. The van der Waals surface area contributed by atoms with Crippen molar-refractivity contribution >= 4 is 39.5 Å². The molecule has 0 bridgehead atoms. The smallest absolute Gasteiger partial charge is 0.462 e. The Morgan fingerprint density at radius 2 is 0.526 bits per heavy atom. The maximum Gasteiger partial charge on any atom is 0.472 e. The summed E-state index contributed by atoms with van der Waals surface area (Å²) in [6.07, 6.45) is 58.4.